The topological polar surface area (TPSA) is 12.5 Å². The summed E-state index contributed by atoms with van der Waals surface area (Å²) >= 11 is 0. The lowest BCUT2D eigenvalue weighted by molar-refractivity contribution is -0.429. The first-order valence-electron chi connectivity index (χ1n) is 4.15. The minimum atomic E-state index is -6.48. The molecule has 102 valence electrons. The Labute approximate surface area is 88.5 Å². The van der Waals surface area contributed by atoms with Crippen molar-refractivity contribution in [1.29, 1.82) is 0 Å². The summed E-state index contributed by atoms with van der Waals surface area (Å²) in [7, 11) is 0. The smallest absolute Gasteiger partial charge is 0.373 e. The van der Waals surface area contributed by atoms with Crippen molar-refractivity contribution in [3.05, 3.63) is 0 Å². The van der Waals surface area contributed by atoms with E-state index in [1.807, 2.05) is 0 Å². The predicted molar refractivity (Wildman–Crippen MR) is 35.0 cm³/mol. The van der Waals surface area contributed by atoms with Crippen LogP contribution in [-0.2, 0) is 4.74 Å². The first kappa shape index (κ1) is 14.4. The van der Waals surface area contributed by atoms with Gasteiger partial charge in [-0.2, -0.15) is 39.5 Å². The highest BCUT2D eigenvalue weighted by atomic mass is 19.4. The molecule has 0 N–H and O–H groups in total. The van der Waals surface area contributed by atoms with E-state index < -0.39 is 43.1 Å². The van der Waals surface area contributed by atoms with Crippen LogP contribution in [0.15, 0.2) is 0 Å². The maximum absolute atomic E-state index is 12.3. The number of epoxide rings is 1. The number of rotatable bonds is 2. The summed E-state index contributed by atoms with van der Waals surface area (Å²) < 4.78 is 114. The Morgan fingerprint density at radius 2 is 1.06 bits per heavy atom. The summed E-state index contributed by atoms with van der Waals surface area (Å²) in [4.78, 5) is 0. The van der Waals surface area contributed by atoms with Crippen molar-refractivity contribution in [3.8, 4) is 0 Å². The number of hydrogen-bond acceptors (Lipinski definition) is 1. The standard InChI is InChI=1S/C7H5F9O/c8-5(9,10)4(6(11,12)13,7(14,15)16)1-3-2-17-3/h3H,1-2H2/t3-/m1/s1. The van der Waals surface area contributed by atoms with Crippen LogP contribution in [0.3, 0.4) is 0 Å². The van der Waals surface area contributed by atoms with Crippen LogP contribution in [0.5, 0.6) is 0 Å². The Morgan fingerprint density at radius 3 is 1.24 bits per heavy atom. The third-order valence-corrected chi connectivity index (χ3v) is 2.39. The molecule has 17 heavy (non-hydrogen) atoms. The van der Waals surface area contributed by atoms with Gasteiger partial charge in [0, 0.05) is 6.42 Å². The third kappa shape index (κ3) is 2.31. The van der Waals surface area contributed by atoms with Crippen LogP contribution < -0.4 is 0 Å². The third-order valence-electron chi connectivity index (χ3n) is 2.39. The van der Waals surface area contributed by atoms with Crippen LogP contribution in [0.1, 0.15) is 6.42 Å². The quantitative estimate of drug-likeness (QED) is 0.556. The molecule has 1 heterocycles. The van der Waals surface area contributed by atoms with Crippen LogP contribution in [0.4, 0.5) is 39.5 Å². The van der Waals surface area contributed by atoms with Crippen LogP contribution in [0, 0.1) is 5.41 Å². The fourth-order valence-corrected chi connectivity index (χ4v) is 1.36. The molecule has 0 amide bonds. The average Bonchev–Trinajstić information content (AvgIpc) is 2.74. The highest BCUT2D eigenvalue weighted by molar-refractivity contribution is 5.02. The van der Waals surface area contributed by atoms with Crippen LogP contribution in [0.2, 0.25) is 0 Å². The van der Waals surface area contributed by atoms with Crippen molar-refractivity contribution in [3.63, 3.8) is 0 Å². The van der Waals surface area contributed by atoms with Crippen LogP contribution >= 0.6 is 0 Å². The number of ether oxygens (including phenoxy) is 1. The van der Waals surface area contributed by atoms with Gasteiger partial charge in [0.2, 0.25) is 0 Å². The van der Waals surface area contributed by atoms with E-state index in [9.17, 15) is 39.5 Å². The average molecular weight is 276 g/mol. The Morgan fingerprint density at radius 1 is 0.765 bits per heavy atom. The van der Waals surface area contributed by atoms with Gasteiger partial charge < -0.3 is 4.74 Å². The molecule has 0 unspecified atom stereocenters. The lowest BCUT2D eigenvalue weighted by Crippen LogP contribution is -2.60. The van der Waals surface area contributed by atoms with Crippen molar-refractivity contribution >= 4 is 0 Å². The second kappa shape index (κ2) is 3.66. The van der Waals surface area contributed by atoms with Gasteiger partial charge in [0.25, 0.3) is 5.41 Å². The van der Waals surface area contributed by atoms with Gasteiger partial charge in [0.05, 0.1) is 12.7 Å². The predicted octanol–water partition coefficient (Wildman–Crippen LogP) is 3.45. The Kier molecular flexibility index (Phi) is 3.10. The van der Waals surface area contributed by atoms with E-state index in [1.54, 1.807) is 0 Å². The van der Waals surface area contributed by atoms with Crippen molar-refractivity contribution in [2.24, 2.45) is 5.41 Å². The monoisotopic (exact) mass is 276 g/mol. The molecule has 1 fully saturated rings. The zero-order chi connectivity index (χ0) is 13.7. The zero-order valence-corrected chi connectivity index (χ0v) is 7.80. The molecule has 0 bridgehead atoms. The Bertz CT molecular complexity index is 245. The fraction of sp³-hybridized carbons (Fsp3) is 1.00. The zero-order valence-electron chi connectivity index (χ0n) is 7.80. The maximum atomic E-state index is 12.3. The largest absolute Gasteiger partial charge is 0.412 e. The second-order valence-electron chi connectivity index (χ2n) is 3.56. The first-order valence-corrected chi connectivity index (χ1v) is 4.15. The molecule has 1 aliphatic heterocycles. The van der Waals surface area contributed by atoms with Gasteiger partial charge in [-0.3, -0.25) is 0 Å². The van der Waals surface area contributed by atoms with E-state index >= 15 is 0 Å². The van der Waals surface area contributed by atoms with Crippen molar-refractivity contribution < 1.29 is 44.3 Å². The minimum absolute atomic E-state index is 0.538. The van der Waals surface area contributed by atoms with Crippen molar-refractivity contribution in [2.45, 2.75) is 31.1 Å². The van der Waals surface area contributed by atoms with Crippen molar-refractivity contribution in [1.82, 2.24) is 0 Å². The molecule has 1 saturated heterocycles. The molecule has 0 spiro atoms. The van der Waals surface area contributed by atoms with E-state index in [0.29, 0.717) is 0 Å². The van der Waals surface area contributed by atoms with Crippen LogP contribution in [-0.4, -0.2) is 31.2 Å². The van der Waals surface area contributed by atoms with Gasteiger partial charge in [-0.05, 0) is 0 Å². The highest BCUT2D eigenvalue weighted by Gasteiger charge is 2.83. The van der Waals surface area contributed by atoms with E-state index in [2.05, 4.69) is 4.74 Å². The molecule has 1 rings (SSSR count). The maximum Gasteiger partial charge on any atom is 0.412 e. The number of hydrogen-bond donors (Lipinski definition) is 0. The summed E-state index contributed by atoms with van der Waals surface area (Å²) in [6, 6.07) is 0. The summed E-state index contributed by atoms with van der Waals surface area (Å²) in [5.41, 5.74) is -5.73. The lowest BCUT2D eigenvalue weighted by atomic mass is 9.80. The Hall–Kier alpha value is -0.670. The lowest BCUT2D eigenvalue weighted by Gasteiger charge is -2.38. The molecule has 10 heteroatoms. The second-order valence-corrected chi connectivity index (χ2v) is 3.56. The van der Waals surface area contributed by atoms with Gasteiger partial charge in [0.1, 0.15) is 0 Å². The van der Waals surface area contributed by atoms with E-state index in [0.717, 1.165) is 0 Å². The SMILES string of the molecule is FC(F)(F)C(C[C@@H]1CO1)(C(F)(F)F)C(F)(F)F. The fourth-order valence-electron chi connectivity index (χ4n) is 1.36. The molecule has 0 aromatic rings. The van der Waals surface area contributed by atoms with E-state index in [-0.39, 0.29) is 0 Å². The highest BCUT2D eigenvalue weighted by Crippen LogP contribution is 2.62. The first-order chi connectivity index (χ1) is 7.33. The molecule has 0 radical (unpaired) electrons. The summed E-state index contributed by atoms with van der Waals surface area (Å²) in [5.74, 6) is 0. The molecule has 0 aromatic carbocycles. The van der Waals surface area contributed by atoms with Gasteiger partial charge >= 0.3 is 18.5 Å². The van der Waals surface area contributed by atoms with Crippen molar-refractivity contribution in [2.75, 3.05) is 6.61 Å². The molecular formula is C7H5F9O. The molecule has 1 atom stereocenters. The summed E-state index contributed by atoms with van der Waals surface area (Å²) in [6.45, 7) is -0.538. The summed E-state index contributed by atoms with van der Waals surface area (Å²) in [6.07, 6.45) is -23.3. The normalized spacial score (nSPS) is 22.8. The number of alkyl halides is 9. The van der Waals surface area contributed by atoms with Gasteiger partial charge in [-0.15, -0.1) is 0 Å². The Balaban J connectivity index is 3.29. The minimum Gasteiger partial charge on any atom is -0.373 e. The van der Waals surface area contributed by atoms with Gasteiger partial charge in [-0.25, -0.2) is 0 Å². The molecule has 0 aromatic heterocycles. The molecule has 1 nitrogen and oxygen atoms in total. The van der Waals surface area contributed by atoms with E-state index in [4.69, 9.17) is 0 Å². The van der Waals surface area contributed by atoms with Gasteiger partial charge in [-0.1, -0.05) is 0 Å². The van der Waals surface area contributed by atoms with Crippen LogP contribution in [0.25, 0.3) is 0 Å². The molecule has 1 aliphatic rings. The number of halogens is 9. The van der Waals surface area contributed by atoms with Gasteiger partial charge in [0.15, 0.2) is 0 Å². The molecule has 0 aliphatic carbocycles. The van der Waals surface area contributed by atoms with E-state index in [1.165, 1.54) is 0 Å². The summed E-state index contributed by atoms with van der Waals surface area (Å²) in [5, 5.41) is 0. The molecular weight excluding hydrogens is 271 g/mol. The molecule has 0 saturated carbocycles.